The van der Waals surface area contributed by atoms with Crippen LogP contribution in [0.4, 0.5) is 0 Å². The third-order valence-electron chi connectivity index (χ3n) is 2.58. The summed E-state index contributed by atoms with van der Waals surface area (Å²) in [6.45, 7) is 1.09. The number of thioether (sulfide) groups is 1. The first-order chi connectivity index (χ1) is 9.74. The molecule has 0 atom stereocenters. The van der Waals surface area contributed by atoms with E-state index in [9.17, 15) is 4.79 Å². The Morgan fingerprint density at radius 1 is 1.40 bits per heavy atom. The van der Waals surface area contributed by atoms with E-state index in [4.69, 9.17) is 5.73 Å². The lowest BCUT2D eigenvalue weighted by Gasteiger charge is -2.04. The largest absolute Gasteiger partial charge is 0.465 e. The second kappa shape index (κ2) is 7.01. The first kappa shape index (κ1) is 14.5. The quantitative estimate of drug-likeness (QED) is 0.619. The van der Waals surface area contributed by atoms with E-state index in [1.807, 2.05) is 12.1 Å². The molecule has 2 rings (SSSR count). The van der Waals surface area contributed by atoms with Gasteiger partial charge in [0.25, 0.3) is 0 Å². The highest BCUT2D eigenvalue weighted by Gasteiger charge is 2.08. The van der Waals surface area contributed by atoms with Crippen molar-refractivity contribution in [1.29, 1.82) is 0 Å². The normalized spacial score (nSPS) is 10.5. The van der Waals surface area contributed by atoms with Gasteiger partial charge in [-0.2, -0.15) is 0 Å². The number of carbonyl (C=O) groups excluding carboxylic acids is 1. The van der Waals surface area contributed by atoms with Gasteiger partial charge in [-0.3, -0.25) is 0 Å². The molecular formula is C12H15N5O2S. The number of esters is 1. The Morgan fingerprint density at radius 2 is 2.15 bits per heavy atom. The maximum atomic E-state index is 11.3. The van der Waals surface area contributed by atoms with E-state index in [0.717, 1.165) is 10.7 Å². The van der Waals surface area contributed by atoms with Crippen LogP contribution in [0.2, 0.25) is 0 Å². The summed E-state index contributed by atoms with van der Waals surface area (Å²) in [5.74, 6) is 0.378. The average Bonchev–Trinajstić information content (AvgIpc) is 2.92. The molecule has 2 N–H and O–H groups in total. The van der Waals surface area contributed by atoms with E-state index < -0.39 is 0 Å². The van der Waals surface area contributed by atoms with Gasteiger partial charge in [0.2, 0.25) is 5.16 Å². The van der Waals surface area contributed by atoms with Crippen molar-refractivity contribution in [3.8, 4) is 0 Å². The zero-order valence-corrected chi connectivity index (χ0v) is 11.8. The van der Waals surface area contributed by atoms with Crippen LogP contribution in [0.3, 0.4) is 0 Å². The molecule has 0 aliphatic carbocycles. The number of methoxy groups -OCH3 is 1. The summed E-state index contributed by atoms with van der Waals surface area (Å²) in [5, 5.41) is 12.2. The van der Waals surface area contributed by atoms with Gasteiger partial charge in [0.05, 0.1) is 19.2 Å². The SMILES string of the molecule is COC(=O)c1ccc(CSc2nnnn2CCN)cc1. The number of nitrogens with two attached hydrogens (primary N) is 1. The topological polar surface area (TPSA) is 95.9 Å². The second-order valence-corrected chi connectivity index (χ2v) is 4.89. The van der Waals surface area contributed by atoms with Crippen molar-refractivity contribution in [3.63, 3.8) is 0 Å². The summed E-state index contributed by atoms with van der Waals surface area (Å²) in [4.78, 5) is 11.3. The predicted molar refractivity (Wildman–Crippen MR) is 74.2 cm³/mol. The van der Waals surface area contributed by atoms with Crippen molar-refractivity contribution < 1.29 is 9.53 Å². The molecule has 1 heterocycles. The fourth-order valence-electron chi connectivity index (χ4n) is 1.57. The number of nitrogens with zero attached hydrogens (tertiary/aromatic N) is 4. The van der Waals surface area contributed by atoms with E-state index in [0.29, 0.717) is 24.4 Å². The van der Waals surface area contributed by atoms with Gasteiger partial charge in [-0.1, -0.05) is 23.9 Å². The number of carbonyl (C=O) groups is 1. The number of ether oxygens (including phenoxy) is 1. The van der Waals surface area contributed by atoms with Gasteiger partial charge in [0, 0.05) is 12.3 Å². The lowest BCUT2D eigenvalue weighted by molar-refractivity contribution is 0.0600. The molecule has 7 nitrogen and oxygen atoms in total. The molecule has 0 bridgehead atoms. The lowest BCUT2D eigenvalue weighted by atomic mass is 10.1. The van der Waals surface area contributed by atoms with Crippen molar-refractivity contribution in [2.24, 2.45) is 5.73 Å². The first-order valence-corrected chi connectivity index (χ1v) is 6.99. The van der Waals surface area contributed by atoms with Crippen LogP contribution in [0.15, 0.2) is 29.4 Å². The number of benzene rings is 1. The predicted octanol–water partition coefficient (Wildman–Crippen LogP) is 0.711. The minimum Gasteiger partial charge on any atom is -0.465 e. The van der Waals surface area contributed by atoms with Gasteiger partial charge < -0.3 is 10.5 Å². The molecule has 1 aromatic heterocycles. The molecule has 8 heteroatoms. The van der Waals surface area contributed by atoms with Gasteiger partial charge in [0.15, 0.2) is 0 Å². The Hall–Kier alpha value is -1.93. The van der Waals surface area contributed by atoms with E-state index >= 15 is 0 Å². The second-order valence-electron chi connectivity index (χ2n) is 3.95. The first-order valence-electron chi connectivity index (χ1n) is 6.01. The summed E-state index contributed by atoms with van der Waals surface area (Å²) in [5.41, 5.74) is 7.09. The molecule has 0 radical (unpaired) electrons. The summed E-state index contributed by atoms with van der Waals surface area (Å²) in [7, 11) is 1.36. The molecule has 0 saturated heterocycles. The lowest BCUT2D eigenvalue weighted by Crippen LogP contribution is -2.12. The summed E-state index contributed by atoms with van der Waals surface area (Å²) in [6.07, 6.45) is 0. The summed E-state index contributed by atoms with van der Waals surface area (Å²) in [6, 6.07) is 7.25. The fourth-order valence-corrected chi connectivity index (χ4v) is 2.42. The van der Waals surface area contributed by atoms with Crippen molar-refractivity contribution in [2.75, 3.05) is 13.7 Å². The molecule has 106 valence electrons. The number of hydrogen-bond donors (Lipinski definition) is 1. The molecule has 0 saturated carbocycles. The minimum absolute atomic E-state index is 0.337. The maximum Gasteiger partial charge on any atom is 0.337 e. The number of rotatable bonds is 6. The number of tetrazole rings is 1. The highest BCUT2D eigenvalue weighted by Crippen LogP contribution is 2.20. The van der Waals surface area contributed by atoms with Gasteiger partial charge in [0.1, 0.15) is 0 Å². The van der Waals surface area contributed by atoms with Crippen molar-refractivity contribution in [1.82, 2.24) is 20.2 Å². The van der Waals surface area contributed by atoms with Gasteiger partial charge in [-0.15, -0.1) is 5.10 Å². The molecule has 0 amide bonds. The maximum absolute atomic E-state index is 11.3. The Labute approximate surface area is 120 Å². The zero-order valence-electron chi connectivity index (χ0n) is 11.0. The van der Waals surface area contributed by atoms with Crippen LogP contribution in [-0.2, 0) is 17.0 Å². The van der Waals surface area contributed by atoms with Gasteiger partial charge in [-0.05, 0) is 28.1 Å². The van der Waals surface area contributed by atoms with Crippen molar-refractivity contribution >= 4 is 17.7 Å². The molecule has 0 aliphatic heterocycles. The molecular weight excluding hydrogens is 278 g/mol. The van der Waals surface area contributed by atoms with E-state index in [2.05, 4.69) is 20.3 Å². The van der Waals surface area contributed by atoms with Gasteiger partial charge in [-0.25, -0.2) is 9.48 Å². The Morgan fingerprint density at radius 3 is 2.80 bits per heavy atom. The smallest absolute Gasteiger partial charge is 0.337 e. The minimum atomic E-state index is -0.337. The Bertz CT molecular complexity index is 569. The third kappa shape index (κ3) is 3.55. The standard InChI is InChI=1S/C12H15N5O2S/c1-19-11(18)10-4-2-9(3-5-10)8-20-12-14-15-16-17(12)7-6-13/h2-5H,6-8,13H2,1H3. The molecule has 1 aromatic carbocycles. The molecule has 0 fully saturated rings. The number of hydrogen-bond acceptors (Lipinski definition) is 7. The zero-order chi connectivity index (χ0) is 14.4. The van der Waals surface area contributed by atoms with Crippen LogP contribution in [0.25, 0.3) is 0 Å². The van der Waals surface area contributed by atoms with E-state index in [1.54, 1.807) is 16.8 Å². The Balaban J connectivity index is 1.97. The van der Waals surface area contributed by atoms with Crippen molar-refractivity contribution in [3.05, 3.63) is 35.4 Å². The summed E-state index contributed by atoms with van der Waals surface area (Å²) < 4.78 is 6.33. The van der Waals surface area contributed by atoms with Crippen LogP contribution in [0.1, 0.15) is 15.9 Å². The van der Waals surface area contributed by atoms with Crippen molar-refractivity contribution in [2.45, 2.75) is 17.5 Å². The third-order valence-corrected chi connectivity index (χ3v) is 3.61. The number of aromatic nitrogens is 4. The highest BCUT2D eigenvalue weighted by atomic mass is 32.2. The Kier molecular flexibility index (Phi) is 5.08. The summed E-state index contributed by atoms with van der Waals surface area (Å²) >= 11 is 1.52. The monoisotopic (exact) mass is 293 g/mol. The highest BCUT2D eigenvalue weighted by molar-refractivity contribution is 7.98. The fraction of sp³-hybridized carbons (Fsp3) is 0.333. The van der Waals surface area contributed by atoms with Crippen LogP contribution in [-0.4, -0.2) is 39.8 Å². The van der Waals surface area contributed by atoms with Crippen LogP contribution < -0.4 is 5.73 Å². The average molecular weight is 293 g/mol. The van der Waals surface area contributed by atoms with E-state index in [1.165, 1.54) is 18.9 Å². The molecule has 20 heavy (non-hydrogen) atoms. The van der Waals surface area contributed by atoms with Crippen LogP contribution in [0, 0.1) is 0 Å². The molecule has 0 spiro atoms. The van der Waals surface area contributed by atoms with Gasteiger partial charge >= 0.3 is 5.97 Å². The van der Waals surface area contributed by atoms with E-state index in [-0.39, 0.29) is 5.97 Å². The molecule has 2 aromatic rings. The molecule has 0 aliphatic rings. The molecule has 0 unspecified atom stereocenters. The van der Waals surface area contributed by atoms with Crippen LogP contribution in [0.5, 0.6) is 0 Å². The van der Waals surface area contributed by atoms with Crippen LogP contribution >= 0.6 is 11.8 Å².